The zero-order valence-corrected chi connectivity index (χ0v) is 14.2. The highest BCUT2D eigenvalue weighted by Gasteiger charge is 2.37. The number of carboxylic acids is 1. The van der Waals surface area contributed by atoms with E-state index in [1.165, 1.54) is 24.3 Å². The molecule has 9 heteroatoms. The minimum atomic E-state index is -4.61. The largest absolute Gasteiger partial charge is 0.481 e. The molecule has 25 heavy (non-hydrogen) atoms. The van der Waals surface area contributed by atoms with Gasteiger partial charge in [-0.3, -0.25) is 9.69 Å². The van der Waals surface area contributed by atoms with Gasteiger partial charge in [-0.2, -0.15) is 13.2 Å². The minimum Gasteiger partial charge on any atom is -0.481 e. The third kappa shape index (κ3) is 6.55. The fourth-order valence-corrected chi connectivity index (χ4v) is 2.60. The summed E-state index contributed by atoms with van der Waals surface area (Å²) in [6, 6.07) is 7.25. The van der Waals surface area contributed by atoms with Crippen molar-refractivity contribution in [1.29, 1.82) is 0 Å². The van der Waals surface area contributed by atoms with Gasteiger partial charge >= 0.3 is 12.1 Å². The van der Waals surface area contributed by atoms with Crippen molar-refractivity contribution in [2.75, 3.05) is 26.2 Å². The van der Waals surface area contributed by atoms with Gasteiger partial charge in [0.25, 0.3) is 0 Å². The molecule has 1 saturated heterocycles. The second-order valence-corrected chi connectivity index (χ2v) is 5.61. The topological polar surface area (TPSA) is 62.1 Å². The Balaban J connectivity index is 0.00000312. The first-order chi connectivity index (χ1) is 11.4. The molecule has 5 nitrogen and oxygen atoms in total. The van der Waals surface area contributed by atoms with E-state index in [0.717, 1.165) is 6.42 Å². The third-order valence-electron chi connectivity index (χ3n) is 3.83. The lowest BCUT2D eigenvalue weighted by atomic mass is 9.98. The van der Waals surface area contributed by atoms with Crippen LogP contribution in [0.1, 0.15) is 18.4 Å². The van der Waals surface area contributed by atoms with E-state index in [0.29, 0.717) is 26.1 Å². The molecule has 1 N–H and O–H groups in total. The highest BCUT2D eigenvalue weighted by atomic mass is 35.5. The number of carbonyl (C=O) groups is 1. The lowest BCUT2D eigenvalue weighted by molar-refractivity contribution is -0.143. The summed E-state index contributed by atoms with van der Waals surface area (Å²) < 4.78 is 39.1. The summed E-state index contributed by atoms with van der Waals surface area (Å²) in [5.41, 5.74) is -1.14. The first-order valence-corrected chi connectivity index (χ1v) is 7.65. The van der Waals surface area contributed by atoms with Gasteiger partial charge in [-0.25, -0.2) is 0 Å². The summed E-state index contributed by atoms with van der Waals surface area (Å²) in [6.45, 7) is 1.40. The predicted molar refractivity (Wildman–Crippen MR) is 89.0 cm³/mol. The summed E-state index contributed by atoms with van der Waals surface area (Å²) in [7, 11) is 0. The van der Waals surface area contributed by atoms with Crippen LogP contribution in [0, 0.1) is 5.92 Å². The molecule has 1 aromatic rings. The molecule has 0 aromatic heterocycles. The number of alkyl halides is 3. The van der Waals surface area contributed by atoms with E-state index in [4.69, 9.17) is 9.94 Å². The molecule has 1 fully saturated rings. The van der Waals surface area contributed by atoms with Crippen molar-refractivity contribution in [1.82, 2.24) is 4.90 Å². The number of likely N-dealkylation sites (tertiary alicyclic amines) is 1. The van der Waals surface area contributed by atoms with Gasteiger partial charge in [0.15, 0.2) is 5.71 Å². The highest BCUT2D eigenvalue weighted by molar-refractivity contribution is 6.04. The summed E-state index contributed by atoms with van der Waals surface area (Å²) in [5, 5.41) is 12.3. The van der Waals surface area contributed by atoms with E-state index < -0.39 is 23.8 Å². The number of rotatable bonds is 6. The Labute approximate surface area is 149 Å². The monoisotopic (exact) mass is 380 g/mol. The van der Waals surface area contributed by atoms with Gasteiger partial charge in [-0.15, -0.1) is 12.4 Å². The number of hydrogen-bond donors (Lipinski definition) is 1. The van der Waals surface area contributed by atoms with Gasteiger partial charge in [0.1, 0.15) is 6.61 Å². The Morgan fingerprint density at radius 3 is 2.60 bits per heavy atom. The van der Waals surface area contributed by atoms with Crippen LogP contribution in [0.2, 0.25) is 0 Å². The van der Waals surface area contributed by atoms with Crippen LogP contribution in [0.25, 0.3) is 0 Å². The maximum atomic E-state index is 13.0. The van der Waals surface area contributed by atoms with E-state index in [9.17, 15) is 18.0 Å². The van der Waals surface area contributed by atoms with E-state index in [-0.39, 0.29) is 24.6 Å². The van der Waals surface area contributed by atoms with E-state index in [1.54, 1.807) is 6.07 Å². The summed E-state index contributed by atoms with van der Waals surface area (Å²) >= 11 is 0. The highest BCUT2D eigenvalue weighted by Crippen LogP contribution is 2.23. The molecule has 0 spiro atoms. The molecule has 1 aliphatic rings. The number of nitrogens with zero attached hydrogens (tertiary/aromatic N) is 2. The van der Waals surface area contributed by atoms with Crippen LogP contribution in [0.3, 0.4) is 0 Å². The van der Waals surface area contributed by atoms with Gasteiger partial charge in [0, 0.05) is 18.7 Å². The van der Waals surface area contributed by atoms with Crippen LogP contribution >= 0.6 is 12.4 Å². The fourth-order valence-electron chi connectivity index (χ4n) is 2.60. The molecule has 140 valence electrons. The first kappa shape index (κ1) is 21.2. The Bertz CT molecular complexity index is 582. The zero-order valence-electron chi connectivity index (χ0n) is 13.4. The van der Waals surface area contributed by atoms with Gasteiger partial charge in [0.2, 0.25) is 0 Å². The Hall–Kier alpha value is -1.80. The second kappa shape index (κ2) is 9.62. The average Bonchev–Trinajstić information content (AvgIpc) is 2.54. The maximum Gasteiger partial charge on any atom is 0.437 e. The molecule has 1 heterocycles. The van der Waals surface area contributed by atoms with E-state index >= 15 is 0 Å². The van der Waals surface area contributed by atoms with Crippen molar-refractivity contribution in [3.63, 3.8) is 0 Å². The van der Waals surface area contributed by atoms with Crippen molar-refractivity contribution in [2.45, 2.75) is 19.0 Å². The molecule has 1 aliphatic heterocycles. The molecular weight excluding hydrogens is 361 g/mol. The van der Waals surface area contributed by atoms with Gasteiger partial charge in [-0.1, -0.05) is 35.5 Å². The molecule has 0 bridgehead atoms. The van der Waals surface area contributed by atoms with Gasteiger partial charge < -0.3 is 9.94 Å². The molecule has 0 aliphatic carbocycles. The molecule has 0 amide bonds. The van der Waals surface area contributed by atoms with Crippen LogP contribution in [-0.2, 0) is 9.63 Å². The molecule has 1 atom stereocenters. The lowest BCUT2D eigenvalue weighted by Gasteiger charge is -2.29. The van der Waals surface area contributed by atoms with Gasteiger partial charge in [-0.05, 0) is 19.4 Å². The molecule has 0 saturated carbocycles. The van der Waals surface area contributed by atoms with Crippen LogP contribution in [0.4, 0.5) is 13.2 Å². The van der Waals surface area contributed by atoms with Crippen molar-refractivity contribution in [3.8, 4) is 0 Å². The zero-order chi connectivity index (χ0) is 17.6. The second-order valence-electron chi connectivity index (χ2n) is 5.61. The number of benzene rings is 1. The Morgan fingerprint density at radius 2 is 2.00 bits per heavy atom. The smallest absolute Gasteiger partial charge is 0.437 e. The van der Waals surface area contributed by atoms with Crippen LogP contribution in [-0.4, -0.2) is 54.1 Å². The predicted octanol–water partition coefficient (Wildman–Crippen LogP) is 3.19. The third-order valence-corrected chi connectivity index (χ3v) is 3.83. The summed E-state index contributed by atoms with van der Waals surface area (Å²) in [5.74, 6) is -1.28. The average molecular weight is 381 g/mol. The number of oxime groups is 1. The molecule has 0 radical (unpaired) electrons. The Kier molecular flexibility index (Phi) is 8.18. The fraction of sp³-hybridized carbons (Fsp3) is 0.500. The summed E-state index contributed by atoms with van der Waals surface area (Å²) in [6.07, 6.45) is -3.24. The quantitative estimate of drug-likeness (QED) is 0.468. The van der Waals surface area contributed by atoms with Crippen molar-refractivity contribution in [2.24, 2.45) is 11.1 Å². The normalized spacial score (nSPS) is 19.2. The minimum absolute atomic E-state index is 0. The number of hydrogen-bond acceptors (Lipinski definition) is 4. The van der Waals surface area contributed by atoms with E-state index in [2.05, 4.69) is 5.16 Å². The number of carboxylic acid groups (broad SMARTS) is 1. The van der Waals surface area contributed by atoms with Gasteiger partial charge in [0.05, 0.1) is 5.92 Å². The maximum absolute atomic E-state index is 13.0. The van der Waals surface area contributed by atoms with Crippen LogP contribution in [0.5, 0.6) is 0 Å². The van der Waals surface area contributed by atoms with Crippen LogP contribution < -0.4 is 0 Å². The SMILES string of the molecule is Cl.O=C(O)[C@@H]1CCCN(CCON=C(c2ccccc2)C(F)(F)F)C1. The number of aliphatic carboxylic acids is 1. The van der Waals surface area contributed by atoms with E-state index in [1.807, 2.05) is 4.90 Å². The number of halogens is 4. The summed E-state index contributed by atoms with van der Waals surface area (Å²) in [4.78, 5) is 17.7. The lowest BCUT2D eigenvalue weighted by Crippen LogP contribution is -2.40. The molecule has 1 aromatic carbocycles. The van der Waals surface area contributed by atoms with Crippen LogP contribution in [0.15, 0.2) is 35.5 Å². The Morgan fingerprint density at radius 1 is 1.32 bits per heavy atom. The standard InChI is InChI=1S/C16H19F3N2O3.ClH/c17-16(18,19)14(12-5-2-1-3-6-12)20-24-10-9-21-8-4-7-13(11-21)15(22)23;/h1-3,5-6,13H,4,7-11H2,(H,22,23);1H/t13-;/m1./s1. The first-order valence-electron chi connectivity index (χ1n) is 7.65. The van der Waals surface area contributed by atoms with Crippen molar-refractivity contribution < 1.29 is 27.9 Å². The molecule has 2 rings (SSSR count). The van der Waals surface area contributed by atoms with Crippen molar-refractivity contribution >= 4 is 24.1 Å². The molecular formula is C16H20ClF3N2O3. The number of piperidine rings is 1. The molecule has 0 unspecified atom stereocenters. The van der Waals surface area contributed by atoms with Crippen molar-refractivity contribution in [3.05, 3.63) is 35.9 Å².